The van der Waals surface area contributed by atoms with E-state index in [0.29, 0.717) is 31.6 Å². The van der Waals surface area contributed by atoms with Crippen molar-refractivity contribution in [3.8, 4) is 11.4 Å². The molecule has 1 aliphatic carbocycles. The number of H-pyrrole nitrogens is 1. The number of nitrogens with one attached hydrogen (secondary N) is 2. The second-order valence-electron chi connectivity index (χ2n) is 10.2. The maximum Gasteiger partial charge on any atom is 0.423 e. The van der Waals surface area contributed by atoms with Crippen LogP contribution in [0.25, 0.3) is 22.2 Å². The Balaban J connectivity index is 1.35. The fourth-order valence-corrected chi connectivity index (χ4v) is 5.19. The number of benzene rings is 1. The van der Waals surface area contributed by atoms with Crippen molar-refractivity contribution in [3.05, 3.63) is 80.6 Å². The number of anilines is 1. The average molecular weight is 579 g/mol. The van der Waals surface area contributed by atoms with E-state index in [0.717, 1.165) is 31.1 Å². The summed E-state index contributed by atoms with van der Waals surface area (Å²) in [6, 6.07) is 3.67. The van der Waals surface area contributed by atoms with E-state index in [1.165, 1.54) is 10.6 Å². The maximum atomic E-state index is 15.0. The molecule has 8 nitrogen and oxygen atoms in total. The molecule has 1 aliphatic rings. The Morgan fingerprint density at radius 2 is 1.80 bits per heavy atom. The summed E-state index contributed by atoms with van der Waals surface area (Å²) in [4.78, 5) is 32.7. The Hall–Kier alpha value is -4.23. The van der Waals surface area contributed by atoms with Crippen LogP contribution in [0, 0.1) is 11.7 Å². The third-order valence-corrected chi connectivity index (χ3v) is 7.20. The Bertz CT molecular complexity index is 1690. The molecule has 1 saturated carbocycles. The van der Waals surface area contributed by atoms with Crippen molar-refractivity contribution in [3.63, 3.8) is 0 Å². The Labute approximate surface area is 228 Å². The summed E-state index contributed by atoms with van der Waals surface area (Å²) in [5.74, 6) is -4.12. The van der Waals surface area contributed by atoms with Crippen molar-refractivity contribution in [2.75, 3.05) is 5.32 Å². The van der Waals surface area contributed by atoms with Gasteiger partial charge in [0, 0.05) is 38.1 Å². The second-order valence-corrected chi connectivity index (χ2v) is 10.2. The van der Waals surface area contributed by atoms with Crippen LogP contribution in [0.2, 0.25) is 0 Å². The van der Waals surface area contributed by atoms with Crippen molar-refractivity contribution >= 4 is 16.5 Å². The zero-order chi connectivity index (χ0) is 29.5. The van der Waals surface area contributed by atoms with Crippen LogP contribution in [-0.4, -0.2) is 30.8 Å². The Morgan fingerprint density at radius 1 is 1.07 bits per heavy atom. The highest BCUT2D eigenvalue weighted by molar-refractivity contribution is 5.86. The van der Waals surface area contributed by atoms with Crippen molar-refractivity contribution in [2.24, 2.45) is 5.92 Å². The molecule has 1 fully saturated rings. The second kappa shape index (κ2) is 10.6. The molecule has 3 aromatic heterocycles. The molecular weight excluding hydrogens is 554 g/mol. The fourth-order valence-electron chi connectivity index (χ4n) is 5.19. The fraction of sp³-hybridized carbons (Fsp3) is 0.370. The van der Waals surface area contributed by atoms with Gasteiger partial charge in [-0.05, 0) is 48.8 Å². The van der Waals surface area contributed by atoms with Crippen LogP contribution in [0.15, 0.2) is 52.6 Å². The zero-order valence-corrected chi connectivity index (χ0v) is 21.6. The molecule has 0 spiro atoms. The number of alkyl halides is 5. The maximum absolute atomic E-state index is 15.0. The molecule has 4 aromatic rings. The van der Waals surface area contributed by atoms with Crippen LogP contribution in [-0.2, 0) is 18.6 Å². The van der Waals surface area contributed by atoms with E-state index in [4.69, 9.17) is 0 Å². The van der Waals surface area contributed by atoms with Crippen LogP contribution in [0.3, 0.4) is 0 Å². The standard InChI is InChI=1S/C27H24F6N6O2/c1-26(29,30)16-10-34-23(35-11-16)19-8-15-5-6-39(25(41)18(15)9-20(19)28)13-14-3-2-4-17(7-14)37-21-12-36-38-24(40)22(21)27(31,32)33/h5-6,8-12,14,17H,2-4,7,13H2,1H3,(H2,37,38,40)/t14-,17+/m1/s1. The van der Waals surface area contributed by atoms with Crippen LogP contribution in [0.4, 0.5) is 32.0 Å². The average Bonchev–Trinajstić information content (AvgIpc) is 2.89. The largest absolute Gasteiger partial charge is 0.423 e. The van der Waals surface area contributed by atoms with Crippen LogP contribution >= 0.6 is 0 Å². The highest BCUT2D eigenvalue weighted by atomic mass is 19.4. The minimum atomic E-state index is -4.86. The molecule has 0 aliphatic heterocycles. The van der Waals surface area contributed by atoms with Gasteiger partial charge in [0.25, 0.3) is 17.0 Å². The van der Waals surface area contributed by atoms with Crippen LogP contribution in [0.5, 0.6) is 0 Å². The van der Waals surface area contributed by atoms with E-state index >= 15 is 4.39 Å². The first-order valence-electron chi connectivity index (χ1n) is 12.8. The monoisotopic (exact) mass is 578 g/mol. The summed E-state index contributed by atoms with van der Waals surface area (Å²) in [7, 11) is 0. The van der Waals surface area contributed by atoms with Crippen molar-refractivity contribution in [1.29, 1.82) is 0 Å². The summed E-state index contributed by atoms with van der Waals surface area (Å²) in [5.41, 5.74) is -3.99. The van der Waals surface area contributed by atoms with Gasteiger partial charge >= 0.3 is 6.18 Å². The van der Waals surface area contributed by atoms with E-state index in [9.17, 15) is 31.5 Å². The van der Waals surface area contributed by atoms with Gasteiger partial charge in [-0.2, -0.15) is 18.3 Å². The number of aromatic amines is 1. The van der Waals surface area contributed by atoms with E-state index in [1.807, 2.05) is 0 Å². The number of rotatable bonds is 6. The number of halogens is 6. The van der Waals surface area contributed by atoms with E-state index in [2.05, 4.69) is 20.4 Å². The summed E-state index contributed by atoms with van der Waals surface area (Å²) in [6.07, 6.45) is 1.88. The number of nitrogens with zero attached hydrogens (tertiary/aromatic N) is 4. The minimum absolute atomic E-state index is 0.0470. The lowest BCUT2D eigenvalue weighted by molar-refractivity contribution is -0.138. The quantitative estimate of drug-likeness (QED) is 0.294. The smallest absolute Gasteiger partial charge is 0.380 e. The SMILES string of the molecule is CC(F)(F)c1cnc(-c2cc3ccn(C[C@@H]4CCC[C@H](Nc5cn[nH]c(=O)c5C(F)(F)F)C4)c(=O)c3cc2F)nc1. The van der Waals surface area contributed by atoms with Gasteiger partial charge in [0.2, 0.25) is 0 Å². The molecule has 3 heterocycles. The molecule has 5 rings (SSSR count). The van der Waals surface area contributed by atoms with Crippen molar-refractivity contribution < 1.29 is 26.3 Å². The molecule has 0 amide bonds. The third-order valence-electron chi connectivity index (χ3n) is 7.20. The first-order chi connectivity index (χ1) is 19.3. The molecule has 0 unspecified atom stereocenters. The zero-order valence-electron chi connectivity index (χ0n) is 21.6. The molecule has 2 atom stereocenters. The number of fused-ring (bicyclic) bond motifs is 1. The molecule has 0 saturated heterocycles. The van der Waals surface area contributed by atoms with Gasteiger partial charge in [0.15, 0.2) is 5.82 Å². The summed E-state index contributed by atoms with van der Waals surface area (Å²) < 4.78 is 83.7. The van der Waals surface area contributed by atoms with Gasteiger partial charge in [-0.25, -0.2) is 28.2 Å². The minimum Gasteiger partial charge on any atom is -0.380 e. The van der Waals surface area contributed by atoms with E-state index in [-0.39, 0.29) is 35.3 Å². The first-order valence-corrected chi connectivity index (χ1v) is 12.8. The molecule has 1 aromatic carbocycles. The Kier molecular flexibility index (Phi) is 7.34. The van der Waals surface area contributed by atoms with Crippen LogP contribution < -0.4 is 16.4 Å². The molecular formula is C27H24F6N6O2. The van der Waals surface area contributed by atoms with Gasteiger partial charge in [0.1, 0.15) is 11.4 Å². The number of pyridine rings is 1. The highest BCUT2D eigenvalue weighted by Gasteiger charge is 2.38. The summed E-state index contributed by atoms with van der Waals surface area (Å²) >= 11 is 0. The topological polar surface area (TPSA) is 106 Å². The predicted octanol–water partition coefficient (Wildman–Crippen LogP) is 5.48. The number of hydrogen-bond acceptors (Lipinski definition) is 6. The van der Waals surface area contributed by atoms with Gasteiger partial charge in [-0.1, -0.05) is 6.42 Å². The predicted molar refractivity (Wildman–Crippen MR) is 138 cm³/mol. The normalized spacial score (nSPS) is 18.0. The Morgan fingerprint density at radius 3 is 2.49 bits per heavy atom. The number of aromatic nitrogens is 5. The molecule has 216 valence electrons. The molecule has 0 radical (unpaired) electrons. The summed E-state index contributed by atoms with van der Waals surface area (Å²) in [6.45, 7) is 0.954. The van der Waals surface area contributed by atoms with Crippen LogP contribution in [0.1, 0.15) is 43.7 Å². The van der Waals surface area contributed by atoms with Gasteiger partial charge in [-0.3, -0.25) is 9.59 Å². The third kappa shape index (κ3) is 5.95. The first kappa shape index (κ1) is 28.3. The molecule has 14 heteroatoms. The molecule has 41 heavy (non-hydrogen) atoms. The number of hydrogen-bond donors (Lipinski definition) is 2. The van der Waals surface area contributed by atoms with E-state index < -0.39 is 45.8 Å². The lowest BCUT2D eigenvalue weighted by atomic mass is 9.85. The van der Waals surface area contributed by atoms with Crippen molar-refractivity contribution in [1.82, 2.24) is 24.7 Å². The van der Waals surface area contributed by atoms with Gasteiger partial charge in [-0.15, -0.1) is 0 Å². The lowest BCUT2D eigenvalue weighted by Crippen LogP contribution is -2.33. The summed E-state index contributed by atoms with van der Waals surface area (Å²) in [5, 5.41) is 8.60. The van der Waals surface area contributed by atoms with Gasteiger partial charge < -0.3 is 9.88 Å². The molecule has 2 N–H and O–H groups in total. The molecule has 0 bridgehead atoms. The lowest BCUT2D eigenvalue weighted by Gasteiger charge is -2.31. The van der Waals surface area contributed by atoms with Gasteiger partial charge in [0.05, 0.1) is 28.4 Å². The van der Waals surface area contributed by atoms with Crippen molar-refractivity contribution in [2.45, 2.75) is 57.3 Å². The van der Waals surface area contributed by atoms with E-state index in [1.54, 1.807) is 17.4 Å². The highest BCUT2D eigenvalue weighted by Crippen LogP contribution is 2.34.